The van der Waals surface area contributed by atoms with Crippen molar-refractivity contribution < 1.29 is 9.59 Å². The second-order valence-electron chi connectivity index (χ2n) is 6.23. The first-order valence-electron chi connectivity index (χ1n) is 8.10. The predicted molar refractivity (Wildman–Crippen MR) is 96.0 cm³/mol. The lowest BCUT2D eigenvalue weighted by atomic mass is 10.1. The first kappa shape index (κ1) is 17.3. The summed E-state index contributed by atoms with van der Waals surface area (Å²) in [6, 6.07) is 5.61. The van der Waals surface area contributed by atoms with E-state index in [0.717, 1.165) is 16.5 Å². The predicted octanol–water partition coefficient (Wildman–Crippen LogP) is 1.27. The van der Waals surface area contributed by atoms with Crippen LogP contribution in [0.15, 0.2) is 29.8 Å². The van der Waals surface area contributed by atoms with E-state index in [4.69, 9.17) is 0 Å². The molecule has 132 valence electrons. The number of carbonyl (C=O) groups is 2. The van der Waals surface area contributed by atoms with Crippen molar-refractivity contribution >= 4 is 28.3 Å². The van der Waals surface area contributed by atoms with Gasteiger partial charge in [-0.3, -0.25) is 14.6 Å². The fourth-order valence-electron chi connectivity index (χ4n) is 2.69. The summed E-state index contributed by atoms with van der Waals surface area (Å²) in [6.45, 7) is 1.26. The second-order valence-corrected chi connectivity index (χ2v) is 7.07. The standard InChI is InChI=1S/C17H21N5O2S/c1-21(2)17-20-14(11-25-17)8-19-16(24)12-7-15(23)22(9-12)10-13-5-3-4-6-18-13/h3-6,11-12H,7-10H2,1-2H3,(H,19,24)/t12-/m1/s1. The van der Waals surface area contributed by atoms with Crippen LogP contribution in [0.4, 0.5) is 5.13 Å². The second kappa shape index (κ2) is 7.60. The number of amides is 2. The minimum atomic E-state index is -0.317. The van der Waals surface area contributed by atoms with E-state index in [1.807, 2.05) is 42.6 Å². The van der Waals surface area contributed by atoms with Crippen LogP contribution in [-0.4, -0.2) is 47.3 Å². The third-order valence-corrected chi connectivity index (χ3v) is 5.09. The lowest BCUT2D eigenvalue weighted by Gasteiger charge is -2.16. The van der Waals surface area contributed by atoms with Crippen molar-refractivity contribution in [2.45, 2.75) is 19.5 Å². The summed E-state index contributed by atoms with van der Waals surface area (Å²) in [6.07, 6.45) is 1.95. The molecule has 2 aromatic rings. The van der Waals surface area contributed by atoms with Crippen molar-refractivity contribution in [3.8, 4) is 0 Å². The van der Waals surface area contributed by atoms with E-state index in [9.17, 15) is 9.59 Å². The molecule has 8 heteroatoms. The van der Waals surface area contributed by atoms with E-state index < -0.39 is 0 Å². The number of hydrogen-bond acceptors (Lipinski definition) is 6. The minimum absolute atomic E-state index is 0.00523. The van der Waals surface area contributed by atoms with Crippen molar-refractivity contribution in [1.82, 2.24) is 20.2 Å². The van der Waals surface area contributed by atoms with Gasteiger partial charge in [0.2, 0.25) is 11.8 Å². The van der Waals surface area contributed by atoms with E-state index in [0.29, 0.717) is 19.6 Å². The third-order valence-electron chi connectivity index (χ3n) is 4.03. The van der Waals surface area contributed by atoms with Crippen LogP contribution in [0.1, 0.15) is 17.8 Å². The first-order valence-corrected chi connectivity index (χ1v) is 8.98. The molecule has 0 radical (unpaired) electrons. The van der Waals surface area contributed by atoms with Gasteiger partial charge in [-0.1, -0.05) is 6.07 Å². The van der Waals surface area contributed by atoms with Crippen molar-refractivity contribution in [2.75, 3.05) is 25.5 Å². The van der Waals surface area contributed by atoms with Gasteiger partial charge in [0.05, 0.1) is 30.4 Å². The Morgan fingerprint density at radius 3 is 2.92 bits per heavy atom. The molecule has 7 nitrogen and oxygen atoms in total. The molecule has 0 bridgehead atoms. The van der Waals surface area contributed by atoms with Gasteiger partial charge in [0.15, 0.2) is 5.13 Å². The zero-order valence-electron chi connectivity index (χ0n) is 14.3. The van der Waals surface area contributed by atoms with Crippen LogP contribution >= 0.6 is 11.3 Å². The summed E-state index contributed by atoms with van der Waals surface area (Å²) in [4.78, 5) is 36.8. The highest BCUT2D eigenvalue weighted by Crippen LogP contribution is 2.21. The summed E-state index contributed by atoms with van der Waals surface area (Å²) in [5.74, 6) is -0.422. The summed E-state index contributed by atoms with van der Waals surface area (Å²) >= 11 is 1.54. The van der Waals surface area contributed by atoms with Gasteiger partial charge in [0, 0.05) is 38.6 Å². The maximum absolute atomic E-state index is 12.4. The molecule has 1 saturated heterocycles. The van der Waals surface area contributed by atoms with Crippen LogP contribution in [0.2, 0.25) is 0 Å². The van der Waals surface area contributed by atoms with E-state index in [-0.39, 0.29) is 24.2 Å². The quantitative estimate of drug-likeness (QED) is 0.840. The molecule has 3 heterocycles. The molecule has 0 aliphatic carbocycles. The Hall–Kier alpha value is -2.48. The summed E-state index contributed by atoms with van der Waals surface area (Å²) < 4.78 is 0. The van der Waals surface area contributed by atoms with Crippen LogP contribution in [-0.2, 0) is 22.7 Å². The lowest BCUT2D eigenvalue weighted by molar-refractivity contribution is -0.129. The SMILES string of the molecule is CN(C)c1nc(CNC(=O)[C@@H]2CC(=O)N(Cc3ccccn3)C2)cs1. The number of aromatic nitrogens is 2. The molecule has 2 aromatic heterocycles. The number of nitrogens with one attached hydrogen (secondary N) is 1. The smallest absolute Gasteiger partial charge is 0.225 e. The van der Waals surface area contributed by atoms with Crippen molar-refractivity contribution in [3.05, 3.63) is 41.2 Å². The molecule has 0 spiro atoms. The zero-order chi connectivity index (χ0) is 17.8. The molecule has 1 N–H and O–H groups in total. The fraction of sp³-hybridized carbons (Fsp3) is 0.412. The molecule has 3 rings (SSSR count). The highest BCUT2D eigenvalue weighted by atomic mass is 32.1. The van der Waals surface area contributed by atoms with Crippen LogP contribution in [0.25, 0.3) is 0 Å². The van der Waals surface area contributed by atoms with E-state index >= 15 is 0 Å². The van der Waals surface area contributed by atoms with Crippen LogP contribution in [0.3, 0.4) is 0 Å². The number of likely N-dealkylation sites (tertiary alicyclic amines) is 1. The number of carbonyl (C=O) groups excluding carboxylic acids is 2. The van der Waals surface area contributed by atoms with Gasteiger partial charge >= 0.3 is 0 Å². The van der Waals surface area contributed by atoms with Crippen molar-refractivity contribution in [2.24, 2.45) is 5.92 Å². The lowest BCUT2D eigenvalue weighted by Crippen LogP contribution is -2.32. The summed E-state index contributed by atoms with van der Waals surface area (Å²) in [5, 5.41) is 5.73. The fourth-order valence-corrected chi connectivity index (χ4v) is 3.45. The molecule has 2 amide bonds. The molecule has 1 aliphatic rings. The van der Waals surface area contributed by atoms with Crippen molar-refractivity contribution in [3.63, 3.8) is 0 Å². The van der Waals surface area contributed by atoms with Crippen LogP contribution < -0.4 is 10.2 Å². The van der Waals surface area contributed by atoms with Crippen LogP contribution in [0.5, 0.6) is 0 Å². The summed E-state index contributed by atoms with van der Waals surface area (Å²) in [5.41, 5.74) is 1.66. The van der Waals surface area contributed by atoms with Gasteiger partial charge in [-0.25, -0.2) is 4.98 Å². The molecule has 25 heavy (non-hydrogen) atoms. The van der Waals surface area contributed by atoms with E-state index in [1.54, 1.807) is 11.1 Å². The Kier molecular flexibility index (Phi) is 5.28. The highest BCUT2D eigenvalue weighted by Gasteiger charge is 2.34. The van der Waals surface area contributed by atoms with Gasteiger partial charge < -0.3 is 15.1 Å². The van der Waals surface area contributed by atoms with Gasteiger partial charge in [-0.2, -0.15) is 0 Å². The average Bonchev–Trinajstić information content (AvgIpc) is 3.21. The molecular formula is C17H21N5O2S. The van der Waals surface area contributed by atoms with Crippen LogP contribution in [0, 0.1) is 5.92 Å². The molecule has 0 unspecified atom stereocenters. The first-order chi connectivity index (χ1) is 12.0. The maximum Gasteiger partial charge on any atom is 0.225 e. The number of pyridine rings is 1. The Morgan fingerprint density at radius 2 is 2.24 bits per heavy atom. The maximum atomic E-state index is 12.4. The Bertz CT molecular complexity index is 747. The Labute approximate surface area is 150 Å². The number of rotatable bonds is 6. The topological polar surface area (TPSA) is 78.4 Å². The molecule has 1 fully saturated rings. The van der Waals surface area contributed by atoms with Gasteiger partial charge in [0.25, 0.3) is 0 Å². The van der Waals surface area contributed by atoms with Gasteiger partial charge in [-0.15, -0.1) is 11.3 Å². The molecule has 0 saturated carbocycles. The molecule has 0 aromatic carbocycles. The van der Waals surface area contributed by atoms with E-state index in [2.05, 4.69) is 15.3 Å². The number of hydrogen-bond donors (Lipinski definition) is 1. The number of thiazole rings is 1. The largest absolute Gasteiger partial charge is 0.354 e. The Morgan fingerprint density at radius 1 is 1.40 bits per heavy atom. The number of nitrogens with zero attached hydrogens (tertiary/aromatic N) is 4. The third kappa shape index (κ3) is 4.33. The number of anilines is 1. The zero-order valence-corrected chi connectivity index (χ0v) is 15.1. The molecular weight excluding hydrogens is 338 g/mol. The normalized spacial score (nSPS) is 17.0. The van der Waals surface area contributed by atoms with Gasteiger partial charge in [-0.05, 0) is 12.1 Å². The van der Waals surface area contributed by atoms with Gasteiger partial charge in [0.1, 0.15) is 0 Å². The molecule has 1 atom stereocenters. The monoisotopic (exact) mass is 359 g/mol. The Balaban J connectivity index is 1.51. The highest BCUT2D eigenvalue weighted by molar-refractivity contribution is 7.13. The van der Waals surface area contributed by atoms with Crippen molar-refractivity contribution in [1.29, 1.82) is 0 Å². The molecule has 1 aliphatic heterocycles. The summed E-state index contributed by atoms with van der Waals surface area (Å²) in [7, 11) is 3.86. The average molecular weight is 359 g/mol. The van der Waals surface area contributed by atoms with E-state index in [1.165, 1.54) is 11.3 Å². The minimum Gasteiger partial charge on any atom is -0.354 e.